The van der Waals surface area contributed by atoms with Crippen molar-refractivity contribution in [2.24, 2.45) is 0 Å². The van der Waals surface area contributed by atoms with Crippen LogP contribution in [0.2, 0.25) is 0 Å². The minimum absolute atomic E-state index is 0.0842. The van der Waals surface area contributed by atoms with Crippen molar-refractivity contribution in [2.45, 2.75) is 13.0 Å². The molecule has 1 atom stereocenters. The molecule has 1 aromatic rings. The van der Waals surface area contributed by atoms with E-state index in [9.17, 15) is 12.8 Å². The summed E-state index contributed by atoms with van der Waals surface area (Å²) in [5.41, 5.74) is 5.90. The van der Waals surface area contributed by atoms with Crippen LogP contribution < -0.4 is 15.8 Å². The highest BCUT2D eigenvalue weighted by molar-refractivity contribution is 7.90. The lowest BCUT2D eigenvalue weighted by molar-refractivity contribution is 0.416. The number of ether oxygens (including phenoxy) is 1. The van der Waals surface area contributed by atoms with Crippen LogP contribution in [-0.4, -0.2) is 33.6 Å². The van der Waals surface area contributed by atoms with E-state index >= 15 is 0 Å². The first kappa shape index (κ1) is 14.6. The van der Waals surface area contributed by atoms with Crippen molar-refractivity contribution >= 4 is 21.2 Å². The van der Waals surface area contributed by atoms with E-state index in [-0.39, 0.29) is 17.1 Å². The first-order valence-electron chi connectivity index (χ1n) is 5.30. The van der Waals surface area contributed by atoms with Gasteiger partial charge in [0, 0.05) is 24.4 Å². The number of nitrogens with two attached hydrogens (primary N) is 1. The van der Waals surface area contributed by atoms with E-state index in [2.05, 4.69) is 5.32 Å². The van der Waals surface area contributed by atoms with E-state index in [1.165, 1.54) is 13.2 Å². The maximum Gasteiger partial charge on any atom is 0.149 e. The molecule has 0 saturated heterocycles. The molecule has 0 aliphatic carbocycles. The highest BCUT2D eigenvalue weighted by Crippen LogP contribution is 2.28. The maximum atomic E-state index is 13.6. The molecule has 0 aromatic heterocycles. The predicted molar refractivity (Wildman–Crippen MR) is 70.2 cm³/mol. The monoisotopic (exact) mass is 276 g/mol. The molecule has 5 nitrogen and oxygen atoms in total. The molecule has 0 radical (unpaired) electrons. The van der Waals surface area contributed by atoms with E-state index in [4.69, 9.17) is 10.5 Å². The van der Waals surface area contributed by atoms with Gasteiger partial charge in [0.25, 0.3) is 0 Å². The SMILES string of the molecule is COc1cc(NC(C)CS(C)(=O)=O)c(F)cc1N. The van der Waals surface area contributed by atoms with Gasteiger partial charge in [0.15, 0.2) is 0 Å². The number of hydrogen-bond acceptors (Lipinski definition) is 5. The van der Waals surface area contributed by atoms with Crippen molar-refractivity contribution < 1.29 is 17.5 Å². The predicted octanol–water partition coefficient (Wildman–Crippen LogP) is 1.26. The molecule has 102 valence electrons. The first-order chi connectivity index (χ1) is 8.23. The zero-order valence-electron chi connectivity index (χ0n) is 10.5. The Balaban J connectivity index is 2.91. The molecule has 0 spiro atoms. The molecule has 0 aliphatic heterocycles. The van der Waals surface area contributed by atoms with Crippen LogP contribution in [0.4, 0.5) is 15.8 Å². The van der Waals surface area contributed by atoms with Crippen LogP contribution in [0.15, 0.2) is 12.1 Å². The number of nitrogens with one attached hydrogen (secondary N) is 1. The highest BCUT2D eigenvalue weighted by Gasteiger charge is 2.14. The third kappa shape index (κ3) is 4.06. The molecule has 1 unspecified atom stereocenters. The Bertz CT molecular complexity index is 531. The summed E-state index contributed by atoms with van der Waals surface area (Å²) in [6, 6.07) is 2.13. The first-order valence-corrected chi connectivity index (χ1v) is 7.36. The van der Waals surface area contributed by atoms with Crippen LogP contribution in [0.1, 0.15) is 6.92 Å². The van der Waals surface area contributed by atoms with Crippen molar-refractivity contribution in [2.75, 3.05) is 30.2 Å². The third-order valence-corrected chi connectivity index (χ3v) is 3.38. The van der Waals surface area contributed by atoms with Crippen molar-refractivity contribution in [3.63, 3.8) is 0 Å². The quantitative estimate of drug-likeness (QED) is 0.791. The Morgan fingerprint density at radius 2 is 2.11 bits per heavy atom. The number of anilines is 2. The zero-order valence-corrected chi connectivity index (χ0v) is 11.3. The number of sulfone groups is 1. The zero-order chi connectivity index (χ0) is 13.9. The number of methoxy groups -OCH3 is 1. The lowest BCUT2D eigenvalue weighted by atomic mass is 10.2. The van der Waals surface area contributed by atoms with Crippen LogP contribution in [0.25, 0.3) is 0 Å². The number of nitrogen functional groups attached to an aromatic ring is 1. The van der Waals surface area contributed by atoms with E-state index in [0.717, 1.165) is 12.3 Å². The summed E-state index contributed by atoms with van der Waals surface area (Å²) >= 11 is 0. The average molecular weight is 276 g/mol. The van der Waals surface area contributed by atoms with Crippen LogP contribution >= 0.6 is 0 Å². The van der Waals surface area contributed by atoms with Gasteiger partial charge < -0.3 is 15.8 Å². The van der Waals surface area contributed by atoms with E-state index in [1.54, 1.807) is 6.92 Å². The maximum absolute atomic E-state index is 13.6. The number of rotatable bonds is 5. The molecular weight excluding hydrogens is 259 g/mol. The second-order valence-corrected chi connectivity index (χ2v) is 6.40. The molecule has 0 fully saturated rings. The van der Waals surface area contributed by atoms with Crippen LogP contribution in [0.5, 0.6) is 5.75 Å². The minimum Gasteiger partial charge on any atom is -0.495 e. The van der Waals surface area contributed by atoms with Crippen molar-refractivity contribution in [1.29, 1.82) is 0 Å². The van der Waals surface area contributed by atoms with Gasteiger partial charge >= 0.3 is 0 Å². The normalized spacial score (nSPS) is 13.1. The smallest absolute Gasteiger partial charge is 0.149 e. The Labute approximate surface area is 106 Å². The average Bonchev–Trinajstić information content (AvgIpc) is 2.19. The topological polar surface area (TPSA) is 81.4 Å². The fourth-order valence-electron chi connectivity index (χ4n) is 1.62. The van der Waals surface area contributed by atoms with Crippen LogP contribution in [-0.2, 0) is 9.84 Å². The van der Waals surface area contributed by atoms with Gasteiger partial charge in [0.2, 0.25) is 0 Å². The molecule has 0 aliphatic rings. The Morgan fingerprint density at radius 3 is 2.61 bits per heavy atom. The molecule has 18 heavy (non-hydrogen) atoms. The fraction of sp³-hybridized carbons (Fsp3) is 0.455. The van der Waals surface area contributed by atoms with Crippen LogP contribution in [0, 0.1) is 5.82 Å². The van der Waals surface area contributed by atoms with E-state index in [1.807, 2.05) is 0 Å². The van der Waals surface area contributed by atoms with Gasteiger partial charge in [0.05, 0.1) is 24.2 Å². The van der Waals surface area contributed by atoms with Gasteiger partial charge in [-0.2, -0.15) is 0 Å². The van der Waals surface area contributed by atoms with Crippen molar-refractivity contribution in [3.8, 4) is 5.75 Å². The fourth-order valence-corrected chi connectivity index (χ4v) is 2.61. The van der Waals surface area contributed by atoms with Crippen molar-refractivity contribution in [1.82, 2.24) is 0 Å². The van der Waals surface area contributed by atoms with Gasteiger partial charge in [-0.05, 0) is 6.92 Å². The lowest BCUT2D eigenvalue weighted by Crippen LogP contribution is -2.25. The lowest BCUT2D eigenvalue weighted by Gasteiger charge is -2.16. The van der Waals surface area contributed by atoms with Gasteiger partial charge in [-0.3, -0.25) is 0 Å². The van der Waals surface area contributed by atoms with Gasteiger partial charge in [0.1, 0.15) is 21.4 Å². The Morgan fingerprint density at radius 1 is 1.50 bits per heavy atom. The van der Waals surface area contributed by atoms with Gasteiger partial charge in [-0.1, -0.05) is 0 Å². The highest BCUT2D eigenvalue weighted by atomic mass is 32.2. The van der Waals surface area contributed by atoms with Crippen molar-refractivity contribution in [3.05, 3.63) is 17.9 Å². The van der Waals surface area contributed by atoms with E-state index in [0.29, 0.717) is 5.75 Å². The molecule has 3 N–H and O–H groups in total. The molecular formula is C11H17FN2O3S. The van der Waals surface area contributed by atoms with E-state index < -0.39 is 21.7 Å². The van der Waals surface area contributed by atoms with Gasteiger partial charge in [-0.25, -0.2) is 12.8 Å². The molecule has 0 saturated carbocycles. The largest absolute Gasteiger partial charge is 0.495 e. The molecule has 1 aromatic carbocycles. The summed E-state index contributed by atoms with van der Waals surface area (Å²) in [5.74, 6) is -0.293. The van der Waals surface area contributed by atoms with Crippen LogP contribution in [0.3, 0.4) is 0 Å². The second-order valence-electron chi connectivity index (χ2n) is 4.21. The summed E-state index contributed by atoms with van der Waals surface area (Å²) in [6.45, 7) is 1.66. The number of halogens is 1. The third-order valence-electron chi connectivity index (χ3n) is 2.27. The molecule has 1 rings (SSSR count). The molecule has 0 bridgehead atoms. The minimum atomic E-state index is -3.12. The summed E-state index contributed by atoms with van der Waals surface area (Å²) < 4.78 is 40.8. The molecule has 0 heterocycles. The Kier molecular flexibility index (Phi) is 4.39. The number of benzene rings is 1. The summed E-state index contributed by atoms with van der Waals surface area (Å²) in [4.78, 5) is 0. The Hall–Kier alpha value is -1.50. The summed E-state index contributed by atoms with van der Waals surface area (Å²) in [5, 5.41) is 2.78. The standard InChI is InChI=1S/C11H17FN2O3S/c1-7(6-18(3,15)16)14-10-5-11(17-2)9(13)4-8(10)12/h4-5,7,14H,6,13H2,1-3H3. The number of hydrogen-bond donors (Lipinski definition) is 2. The second kappa shape index (κ2) is 5.43. The molecule has 0 amide bonds. The van der Waals surface area contributed by atoms with Gasteiger partial charge in [-0.15, -0.1) is 0 Å². The summed E-state index contributed by atoms with van der Waals surface area (Å²) in [6.07, 6.45) is 1.13. The summed E-state index contributed by atoms with van der Waals surface area (Å²) in [7, 11) is -1.70. The molecule has 7 heteroatoms.